The molecule has 0 amide bonds. The molecule has 5 heteroatoms. The Morgan fingerprint density at radius 2 is 2.23 bits per heavy atom. The van der Waals surface area contributed by atoms with Gasteiger partial charge in [0.1, 0.15) is 4.32 Å². The van der Waals surface area contributed by atoms with E-state index in [2.05, 4.69) is 10.2 Å². The van der Waals surface area contributed by atoms with Crippen molar-refractivity contribution in [1.29, 1.82) is 0 Å². The van der Waals surface area contributed by atoms with Crippen LogP contribution in [-0.2, 0) is 4.74 Å². The summed E-state index contributed by atoms with van der Waals surface area (Å²) >= 11 is 7.00. The first kappa shape index (κ1) is 11.2. The van der Waals surface area contributed by atoms with E-state index in [1.54, 1.807) is 18.9 Å². The average Bonchev–Trinajstić information content (AvgIpc) is 2.19. The van der Waals surface area contributed by atoms with Crippen molar-refractivity contribution in [2.45, 2.75) is 0 Å². The Morgan fingerprint density at radius 1 is 1.54 bits per heavy atom. The Bertz CT molecular complexity index is 160. The summed E-state index contributed by atoms with van der Waals surface area (Å²) < 4.78 is 5.98. The zero-order valence-corrected chi connectivity index (χ0v) is 9.55. The van der Waals surface area contributed by atoms with E-state index in [0.29, 0.717) is 0 Å². The second kappa shape index (κ2) is 6.59. The summed E-state index contributed by atoms with van der Waals surface area (Å²) in [5.41, 5.74) is 0. The Balaban J connectivity index is 2.13. The quantitative estimate of drug-likeness (QED) is 0.553. The van der Waals surface area contributed by atoms with Crippen LogP contribution in [0.1, 0.15) is 0 Å². The Morgan fingerprint density at radius 3 is 2.85 bits per heavy atom. The molecule has 3 nitrogen and oxygen atoms in total. The van der Waals surface area contributed by atoms with Gasteiger partial charge in [-0.1, -0.05) is 24.0 Å². The summed E-state index contributed by atoms with van der Waals surface area (Å²) in [4.78, 5) is 2.26. The van der Waals surface area contributed by atoms with Gasteiger partial charge in [0.05, 0.1) is 6.61 Å². The SMILES string of the molecule is COCCSC(=S)N1CCNCC1. The predicted molar refractivity (Wildman–Crippen MR) is 61.4 cm³/mol. The second-order valence-electron chi connectivity index (χ2n) is 2.84. The summed E-state index contributed by atoms with van der Waals surface area (Å²) in [6.07, 6.45) is 0. The molecule has 1 fully saturated rings. The molecule has 1 rings (SSSR count). The van der Waals surface area contributed by atoms with Crippen LogP contribution in [0, 0.1) is 0 Å². The molecule has 0 aromatic carbocycles. The lowest BCUT2D eigenvalue weighted by atomic mass is 10.4. The Kier molecular flexibility index (Phi) is 5.70. The summed E-state index contributed by atoms with van der Waals surface area (Å²) in [5, 5.41) is 3.30. The number of nitrogens with one attached hydrogen (secondary N) is 1. The smallest absolute Gasteiger partial charge is 0.136 e. The third-order valence-corrected chi connectivity index (χ3v) is 3.38. The van der Waals surface area contributed by atoms with Crippen LogP contribution in [0.15, 0.2) is 0 Å². The van der Waals surface area contributed by atoms with Crippen molar-refractivity contribution in [3.63, 3.8) is 0 Å². The molecule has 1 aliphatic heterocycles. The van der Waals surface area contributed by atoms with Crippen LogP contribution in [0.3, 0.4) is 0 Å². The highest BCUT2D eigenvalue weighted by molar-refractivity contribution is 8.22. The highest BCUT2D eigenvalue weighted by Gasteiger charge is 2.12. The number of hydrogen-bond donors (Lipinski definition) is 1. The molecule has 0 unspecified atom stereocenters. The second-order valence-corrected chi connectivity index (χ2v) is 4.57. The zero-order chi connectivity index (χ0) is 9.52. The first-order valence-electron chi connectivity index (χ1n) is 4.46. The van der Waals surface area contributed by atoms with Gasteiger partial charge in [-0.3, -0.25) is 0 Å². The molecule has 0 aliphatic carbocycles. The monoisotopic (exact) mass is 220 g/mol. The van der Waals surface area contributed by atoms with Crippen molar-refractivity contribution >= 4 is 28.3 Å². The molecule has 1 aliphatic rings. The van der Waals surface area contributed by atoms with Crippen molar-refractivity contribution in [2.24, 2.45) is 0 Å². The number of hydrogen-bond acceptors (Lipinski definition) is 4. The van der Waals surface area contributed by atoms with Crippen LogP contribution in [0.2, 0.25) is 0 Å². The van der Waals surface area contributed by atoms with Crippen LogP contribution >= 0.6 is 24.0 Å². The van der Waals surface area contributed by atoms with Gasteiger partial charge in [0.2, 0.25) is 0 Å². The molecule has 13 heavy (non-hydrogen) atoms. The third-order valence-electron chi connectivity index (χ3n) is 1.89. The van der Waals surface area contributed by atoms with E-state index >= 15 is 0 Å². The highest BCUT2D eigenvalue weighted by atomic mass is 32.2. The zero-order valence-electron chi connectivity index (χ0n) is 7.91. The van der Waals surface area contributed by atoms with Crippen LogP contribution in [0.4, 0.5) is 0 Å². The minimum atomic E-state index is 0.775. The molecule has 0 bridgehead atoms. The largest absolute Gasteiger partial charge is 0.384 e. The lowest BCUT2D eigenvalue weighted by Crippen LogP contribution is -2.45. The molecular formula is C8H16N2OS2. The van der Waals surface area contributed by atoms with Gasteiger partial charge in [0, 0.05) is 39.0 Å². The minimum Gasteiger partial charge on any atom is -0.384 e. The van der Waals surface area contributed by atoms with E-state index in [-0.39, 0.29) is 0 Å². The van der Waals surface area contributed by atoms with E-state index in [0.717, 1.165) is 42.9 Å². The molecule has 1 saturated heterocycles. The standard InChI is InChI=1S/C8H16N2OS2/c1-11-6-7-13-8(12)10-4-2-9-3-5-10/h9H,2-7H2,1H3. The van der Waals surface area contributed by atoms with Crippen molar-refractivity contribution < 1.29 is 4.74 Å². The number of nitrogens with zero attached hydrogens (tertiary/aromatic N) is 1. The fourth-order valence-electron chi connectivity index (χ4n) is 1.15. The molecule has 1 N–H and O–H groups in total. The van der Waals surface area contributed by atoms with E-state index < -0.39 is 0 Å². The maximum Gasteiger partial charge on any atom is 0.136 e. The predicted octanol–water partition coefficient (Wildman–Crippen LogP) is 0.556. The van der Waals surface area contributed by atoms with E-state index in [4.69, 9.17) is 17.0 Å². The Labute approximate surface area is 89.2 Å². The van der Waals surface area contributed by atoms with Gasteiger partial charge in [0.25, 0.3) is 0 Å². The molecule has 0 spiro atoms. The third kappa shape index (κ3) is 4.26. The van der Waals surface area contributed by atoms with Gasteiger partial charge < -0.3 is 15.0 Å². The normalized spacial score (nSPS) is 17.5. The molecule has 1 heterocycles. The molecule has 0 saturated carbocycles. The van der Waals surface area contributed by atoms with Crippen LogP contribution in [0.25, 0.3) is 0 Å². The van der Waals surface area contributed by atoms with Crippen LogP contribution < -0.4 is 5.32 Å². The molecular weight excluding hydrogens is 204 g/mol. The van der Waals surface area contributed by atoms with Crippen LogP contribution in [-0.4, -0.2) is 54.9 Å². The highest BCUT2D eigenvalue weighted by Crippen LogP contribution is 2.09. The molecule has 0 aromatic rings. The van der Waals surface area contributed by atoms with Gasteiger partial charge in [0.15, 0.2) is 0 Å². The lowest BCUT2D eigenvalue weighted by Gasteiger charge is -2.29. The first-order chi connectivity index (χ1) is 6.34. The summed E-state index contributed by atoms with van der Waals surface area (Å²) in [6, 6.07) is 0. The Hall–Kier alpha value is 0.160. The molecule has 0 atom stereocenters. The molecule has 76 valence electrons. The number of rotatable bonds is 3. The van der Waals surface area contributed by atoms with Gasteiger partial charge in [-0.2, -0.15) is 0 Å². The molecule has 0 radical (unpaired) electrons. The van der Waals surface area contributed by atoms with E-state index in [1.165, 1.54) is 0 Å². The topological polar surface area (TPSA) is 24.5 Å². The van der Waals surface area contributed by atoms with Gasteiger partial charge >= 0.3 is 0 Å². The fraction of sp³-hybridized carbons (Fsp3) is 0.875. The number of ether oxygens (including phenoxy) is 1. The summed E-state index contributed by atoms with van der Waals surface area (Å²) in [7, 11) is 1.72. The fourth-order valence-corrected chi connectivity index (χ4v) is 2.37. The number of piperazine rings is 1. The minimum absolute atomic E-state index is 0.775. The van der Waals surface area contributed by atoms with Crippen LogP contribution in [0.5, 0.6) is 0 Å². The van der Waals surface area contributed by atoms with Gasteiger partial charge in [-0.15, -0.1) is 0 Å². The number of thiocarbonyl (C=S) groups is 1. The van der Waals surface area contributed by atoms with Crippen molar-refractivity contribution in [3.05, 3.63) is 0 Å². The number of thioether (sulfide) groups is 1. The molecule has 0 aromatic heterocycles. The summed E-state index contributed by atoms with van der Waals surface area (Å²) in [6.45, 7) is 4.95. The summed E-state index contributed by atoms with van der Waals surface area (Å²) in [5.74, 6) is 0.958. The van der Waals surface area contributed by atoms with Crippen molar-refractivity contribution in [1.82, 2.24) is 10.2 Å². The van der Waals surface area contributed by atoms with E-state index in [9.17, 15) is 0 Å². The lowest BCUT2D eigenvalue weighted by molar-refractivity contribution is 0.219. The maximum absolute atomic E-state index is 5.29. The number of methoxy groups -OCH3 is 1. The van der Waals surface area contributed by atoms with Crippen molar-refractivity contribution in [2.75, 3.05) is 45.6 Å². The van der Waals surface area contributed by atoms with E-state index in [1.807, 2.05) is 0 Å². The van der Waals surface area contributed by atoms with Gasteiger partial charge in [-0.25, -0.2) is 0 Å². The average molecular weight is 220 g/mol. The first-order valence-corrected chi connectivity index (χ1v) is 5.85. The van der Waals surface area contributed by atoms with Gasteiger partial charge in [-0.05, 0) is 0 Å². The van der Waals surface area contributed by atoms with Crippen molar-refractivity contribution in [3.8, 4) is 0 Å². The maximum atomic E-state index is 5.29.